The first-order chi connectivity index (χ1) is 10.3. The zero-order valence-corrected chi connectivity index (χ0v) is 13.3. The van der Waals surface area contributed by atoms with Gasteiger partial charge in [0.25, 0.3) is 0 Å². The lowest BCUT2D eigenvalue weighted by Gasteiger charge is -2.29. The molecule has 0 saturated carbocycles. The van der Waals surface area contributed by atoms with Crippen LogP contribution in [-0.2, 0) is 22.6 Å². The van der Waals surface area contributed by atoms with E-state index in [1.807, 2.05) is 29.2 Å². The third-order valence-corrected chi connectivity index (χ3v) is 5.42. The molecular weight excluding hydrogens is 286 g/mol. The Morgan fingerprint density at radius 3 is 3.00 bits per heavy atom. The molecule has 0 radical (unpaired) electrons. The molecule has 0 bridgehead atoms. The number of fused-ring (bicyclic) bond motifs is 1. The Bertz CT molecular complexity index is 485. The number of aromatic nitrogens is 2. The van der Waals surface area contributed by atoms with Gasteiger partial charge >= 0.3 is 0 Å². The first kappa shape index (κ1) is 14.9. The molecule has 2 aliphatic heterocycles. The van der Waals surface area contributed by atoms with Gasteiger partial charge in [-0.2, -0.15) is 11.8 Å². The molecule has 1 amide bonds. The van der Waals surface area contributed by atoms with Crippen LogP contribution in [0, 0.1) is 11.8 Å². The van der Waals surface area contributed by atoms with Gasteiger partial charge in [-0.25, -0.2) is 4.98 Å². The van der Waals surface area contributed by atoms with Crippen LogP contribution in [0.5, 0.6) is 0 Å². The maximum Gasteiger partial charge on any atom is 0.226 e. The number of imidazole rings is 1. The van der Waals surface area contributed by atoms with Crippen LogP contribution >= 0.6 is 11.8 Å². The van der Waals surface area contributed by atoms with Crippen molar-refractivity contribution in [2.24, 2.45) is 11.8 Å². The minimum absolute atomic E-state index is 0.212. The van der Waals surface area contributed by atoms with Gasteiger partial charge in [-0.3, -0.25) is 4.79 Å². The van der Waals surface area contributed by atoms with E-state index >= 15 is 0 Å². The molecule has 6 heteroatoms. The molecule has 3 rings (SSSR count). The van der Waals surface area contributed by atoms with Gasteiger partial charge in [0.1, 0.15) is 0 Å². The number of hydrogen-bond acceptors (Lipinski definition) is 4. The molecule has 1 atom stereocenters. The Balaban J connectivity index is 1.75. The standard InChI is InChI=1S/C15H23N3O2S/c1-20-10-12-7-17(9-14-6-16-11-18(14)8-12)15(19)13-2-4-21-5-3-13/h6,11-13H,2-5,7-10H2,1H3/t12-/m1/s1. The molecule has 1 aromatic heterocycles. The summed E-state index contributed by atoms with van der Waals surface area (Å²) in [5.41, 5.74) is 1.13. The number of methoxy groups -OCH3 is 1. The van der Waals surface area contributed by atoms with Crippen molar-refractivity contribution >= 4 is 17.7 Å². The van der Waals surface area contributed by atoms with Crippen molar-refractivity contribution in [1.82, 2.24) is 14.5 Å². The molecular formula is C15H23N3O2S. The van der Waals surface area contributed by atoms with E-state index in [-0.39, 0.29) is 5.92 Å². The Morgan fingerprint density at radius 1 is 1.43 bits per heavy atom. The summed E-state index contributed by atoms with van der Waals surface area (Å²) in [5, 5.41) is 0. The quantitative estimate of drug-likeness (QED) is 0.851. The number of carbonyl (C=O) groups is 1. The smallest absolute Gasteiger partial charge is 0.226 e. The predicted octanol–water partition coefficient (Wildman–Crippen LogP) is 1.63. The minimum atomic E-state index is 0.212. The van der Waals surface area contributed by atoms with Gasteiger partial charge < -0.3 is 14.2 Å². The van der Waals surface area contributed by atoms with Gasteiger partial charge in [0.2, 0.25) is 5.91 Å². The number of thioether (sulfide) groups is 1. The Kier molecular flexibility index (Phi) is 4.85. The number of carbonyl (C=O) groups excluding carboxylic acids is 1. The molecule has 0 unspecified atom stereocenters. The van der Waals surface area contributed by atoms with Crippen molar-refractivity contribution in [2.75, 3.05) is 31.8 Å². The molecule has 0 N–H and O–H groups in total. The zero-order valence-electron chi connectivity index (χ0n) is 12.5. The summed E-state index contributed by atoms with van der Waals surface area (Å²) in [5.74, 6) is 3.11. The number of nitrogens with zero attached hydrogens (tertiary/aromatic N) is 3. The summed E-state index contributed by atoms with van der Waals surface area (Å²) in [4.78, 5) is 19.1. The highest BCUT2D eigenvalue weighted by Gasteiger charge is 2.30. The van der Waals surface area contributed by atoms with E-state index in [1.165, 1.54) is 0 Å². The normalized spacial score (nSPS) is 23.7. The number of amides is 1. The van der Waals surface area contributed by atoms with Crippen molar-refractivity contribution in [2.45, 2.75) is 25.9 Å². The highest BCUT2D eigenvalue weighted by molar-refractivity contribution is 7.99. The molecule has 3 heterocycles. The second kappa shape index (κ2) is 6.83. The van der Waals surface area contributed by atoms with E-state index in [1.54, 1.807) is 7.11 Å². The van der Waals surface area contributed by atoms with Gasteiger partial charge in [0, 0.05) is 38.2 Å². The van der Waals surface area contributed by atoms with Crippen molar-refractivity contribution < 1.29 is 9.53 Å². The van der Waals surface area contributed by atoms with Crippen molar-refractivity contribution in [3.8, 4) is 0 Å². The van der Waals surface area contributed by atoms with Gasteiger partial charge in [-0.1, -0.05) is 0 Å². The number of ether oxygens (including phenoxy) is 1. The lowest BCUT2D eigenvalue weighted by molar-refractivity contribution is -0.137. The fourth-order valence-electron chi connectivity index (χ4n) is 3.26. The fraction of sp³-hybridized carbons (Fsp3) is 0.733. The van der Waals surface area contributed by atoms with Crippen LogP contribution in [0.25, 0.3) is 0 Å². The predicted molar refractivity (Wildman–Crippen MR) is 83.1 cm³/mol. The zero-order chi connectivity index (χ0) is 14.7. The summed E-state index contributed by atoms with van der Waals surface area (Å²) in [6.07, 6.45) is 5.79. The van der Waals surface area contributed by atoms with Crippen LogP contribution in [0.1, 0.15) is 18.5 Å². The lowest BCUT2D eigenvalue weighted by atomic mass is 10.00. The first-order valence-electron chi connectivity index (χ1n) is 7.62. The van der Waals surface area contributed by atoms with Crippen molar-refractivity contribution in [1.29, 1.82) is 0 Å². The van der Waals surface area contributed by atoms with E-state index in [0.29, 0.717) is 25.0 Å². The highest BCUT2D eigenvalue weighted by atomic mass is 32.2. The molecule has 0 aliphatic carbocycles. The topological polar surface area (TPSA) is 47.4 Å². The van der Waals surface area contributed by atoms with E-state index in [2.05, 4.69) is 9.55 Å². The second-order valence-electron chi connectivity index (χ2n) is 5.96. The third-order valence-electron chi connectivity index (χ3n) is 4.37. The second-order valence-corrected chi connectivity index (χ2v) is 7.19. The Labute approximate surface area is 130 Å². The third kappa shape index (κ3) is 3.43. The van der Waals surface area contributed by atoms with Gasteiger partial charge in [0.05, 0.1) is 25.2 Å². The minimum Gasteiger partial charge on any atom is -0.384 e. The fourth-order valence-corrected chi connectivity index (χ4v) is 4.37. The average molecular weight is 309 g/mol. The summed E-state index contributed by atoms with van der Waals surface area (Å²) in [7, 11) is 1.73. The molecule has 2 aliphatic rings. The molecule has 0 spiro atoms. The van der Waals surface area contributed by atoms with Crippen LogP contribution in [0.2, 0.25) is 0 Å². The molecule has 1 saturated heterocycles. The molecule has 1 fully saturated rings. The van der Waals surface area contributed by atoms with Crippen LogP contribution in [0.3, 0.4) is 0 Å². The van der Waals surface area contributed by atoms with Crippen molar-refractivity contribution in [3.05, 3.63) is 18.2 Å². The van der Waals surface area contributed by atoms with E-state index in [4.69, 9.17) is 4.74 Å². The van der Waals surface area contributed by atoms with Crippen LogP contribution in [0.4, 0.5) is 0 Å². The van der Waals surface area contributed by atoms with Gasteiger partial charge in [0.15, 0.2) is 0 Å². The molecule has 116 valence electrons. The molecule has 21 heavy (non-hydrogen) atoms. The first-order valence-corrected chi connectivity index (χ1v) is 8.78. The maximum atomic E-state index is 12.8. The largest absolute Gasteiger partial charge is 0.384 e. The summed E-state index contributed by atoms with van der Waals surface area (Å²) < 4.78 is 7.49. The summed E-state index contributed by atoms with van der Waals surface area (Å²) in [6.45, 7) is 3.04. The monoisotopic (exact) mass is 309 g/mol. The van der Waals surface area contributed by atoms with Crippen LogP contribution in [0.15, 0.2) is 12.5 Å². The molecule has 1 aromatic rings. The summed E-state index contributed by atoms with van der Waals surface area (Å²) >= 11 is 1.96. The maximum absolute atomic E-state index is 12.8. The summed E-state index contributed by atoms with van der Waals surface area (Å²) in [6, 6.07) is 0. The van der Waals surface area contributed by atoms with Crippen LogP contribution < -0.4 is 0 Å². The van der Waals surface area contributed by atoms with E-state index in [9.17, 15) is 4.79 Å². The van der Waals surface area contributed by atoms with Gasteiger partial charge in [-0.15, -0.1) is 0 Å². The lowest BCUT2D eigenvalue weighted by Crippen LogP contribution is -2.40. The Hall–Kier alpha value is -1.01. The molecule has 0 aromatic carbocycles. The number of hydrogen-bond donors (Lipinski definition) is 0. The molecule has 5 nitrogen and oxygen atoms in total. The van der Waals surface area contributed by atoms with Crippen molar-refractivity contribution in [3.63, 3.8) is 0 Å². The van der Waals surface area contributed by atoms with E-state index in [0.717, 1.165) is 43.1 Å². The average Bonchev–Trinajstić information content (AvgIpc) is 2.86. The number of rotatable bonds is 3. The Morgan fingerprint density at radius 2 is 2.24 bits per heavy atom. The highest BCUT2D eigenvalue weighted by Crippen LogP contribution is 2.26. The van der Waals surface area contributed by atoms with Crippen LogP contribution in [-0.4, -0.2) is 52.1 Å². The van der Waals surface area contributed by atoms with Gasteiger partial charge in [-0.05, 0) is 24.3 Å². The van der Waals surface area contributed by atoms with E-state index < -0.39 is 0 Å². The SMILES string of the molecule is COC[C@@H]1CN(C(=O)C2CCSCC2)Cc2cncn2C1.